The number of hydrogen-bond donors (Lipinski definition) is 2. The average Bonchev–Trinajstić information content (AvgIpc) is 2.33. The predicted molar refractivity (Wildman–Crippen MR) is 74.0 cm³/mol. The van der Waals surface area contributed by atoms with Crippen LogP contribution in [0, 0.1) is 6.92 Å². The SMILES string of the molecule is Cc1ccc[nH+]c1NC(=S)Nc1ccccc1. The summed E-state index contributed by atoms with van der Waals surface area (Å²) in [6.45, 7) is 2.02. The molecule has 2 rings (SSSR count). The zero-order chi connectivity index (χ0) is 12.1. The molecule has 1 aromatic carbocycles. The van der Waals surface area contributed by atoms with Crippen molar-refractivity contribution in [3.05, 3.63) is 54.2 Å². The molecule has 0 aliphatic rings. The van der Waals surface area contributed by atoms with Crippen molar-refractivity contribution >= 4 is 28.8 Å². The third kappa shape index (κ3) is 3.26. The molecule has 0 aliphatic heterocycles. The van der Waals surface area contributed by atoms with Gasteiger partial charge in [-0.1, -0.05) is 18.2 Å². The van der Waals surface area contributed by atoms with E-state index in [9.17, 15) is 0 Å². The van der Waals surface area contributed by atoms with Gasteiger partial charge >= 0.3 is 0 Å². The molecule has 0 fully saturated rings. The third-order valence-corrected chi connectivity index (χ3v) is 2.54. The molecule has 0 atom stereocenters. The van der Waals surface area contributed by atoms with Gasteiger partial charge in [-0.15, -0.1) is 0 Å². The van der Waals surface area contributed by atoms with E-state index in [0.717, 1.165) is 17.1 Å². The lowest BCUT2D eigenvalue weighted by Gasteiger charge is -2.05. The highest BCUT2D eigenvalue weighted by molar-refractivity contribution is 7.80. The van der Waals surface area contributed by atoms with E-state index >= 15 is 0 Å². The topological polar surface area (TPSA) is 38.2 Å². The Morgan fingerprint density at radius 1 is 1.06 bits per heavy atom. The van der Waals surface area contributed by atoms with Gasteiger partial charge in [-0.3, -0.25) is 0 Å². The number of hydrogen-bond acceptors (Lipinski definition) is 1. The van der Waals surface area contributed by atoms with Gasteiger partial charge in [0.1, 0.15) is 0 Å². The lowest BCUT2D eigenvalue weighted by atomic mass is 10.3. The fourth-order valence-electron chi connectivity index (χ4n) is 1.45. The molecule has 3 N–H and O–H groups in total. The molecule has 0 amide bonds. The maximum Gasteiger partial charge on any atom is 0.282 e. The number of aryl methyl sites for hydroxylation is 1. The van der Waals surface area contributed by atoms with Crippen molar-refractivity contribution in [1.29, 1.82) is 0 Å². The highest BCUT2D eigenvalue weighted by Gasteiger charge is 2.08. The molecule has 0 saturated carbocycles. The molecule has 0 aliphatic carbocycles. The Hall–Kier alpha value is -1.94. The van der Waals surface area contributed by atoms with Crippen molar-refractivity contribution in [3.8, 4) is 0 Å². The number of benzene rings is 1. The number of aromatic nitrogens is 1. The normalized spacial score (nSPS) is 9.71. The molecule has 0 bridgehead atoms. The molecule has 0 spiro atoms. The molecule has 1 heterocycles. The van der Waals surface area contributed by atoms with Gasteiger partial charge in [-0.25, -0.2) is 10.3 Å². The van der Waals surface area contributed by atoms with Crippen LogP contribution in [0.1, 0.15) is 5.56 Å². The first kappa shape index (κ1) is 11.5. The summed E-state index contributed by atoms with van der Waals surface area (Å²) in [4.78, 5) is 3.11. The molecule has 17 heavy (non-hydrogen) atoms. The number of anilines is 2. The van der Waals surface area contributed by atoms with E-state index in [1.54, 1.807) is 0 Å². The van der Waals surface area contributed by atoms with Gasteiger partial charge in [0.05, 0.1) is 6.20 Å². The third-order valence-electron chi connectivity index (χ3n) is 2.33. The molecule has 1 aromatic heterocycles. The van der Waals surface area contributed by atoms with Crippen LogP contribution in [0.2, 0.25) is 0 Å². The van der Waals surface area contributed by atoms with E-state index in [1.165, 1.54) is 0 Å². The second-order valence-electron chi connectivity index (χ2n) is 3.67. The van der Waals surface area contributed by atoms with Crippen LogP contribution in [0.3, 0.4) is 0 Å². The number of rotatable bonds is 2. The summed E-state index contributed by atoms with van der Waals surface area (Å²) in [5.41, 5.74) is 2.09. The largest absolute Gasteiger partial charge is 0.313 e. The predicted octanol–water partition coefficient (Wildman–Crippen LogP) is 2.62. The Balaban J connectivity index is 2.01. The van der Waals surface area contributed by atoms with Gasteiger partial charge in [-0.05, 0) is 43.4 Å². The Bertz CT molecular complexity index is 511. The van der Waals surface area contributed by atoms with Crippen LogP contribution >= 0.6 is 12.2 Å². The van der Waals surface area contributed by atoms with Gasteiger partial charge < -0.3 is 5.32 Å². The smallest absolute Gasteiger partial charge is 0.282 e. The Morgan fingerprint density at radius 2 is 1.82 bits per heavy atom. The summed E-state index contributed by atoms with van der Waals surface area (Å²) in [5.74, 6) is 0.904. The Morgan fingerprint density at radius 3 is 2.53 bits per heavy atom. The molecule has 2 aromatic rings. The Labute approximate surface area is 106 Å². The van der Waals surface area contributed by atoms with Crippen molar-refractivity contribution < 1.29 is 4.98 Å². The first-order valence-corrected chi connectivity index (χ1v) is 5.77. The minimum Gasteiger partial charge on any atom is -0.313 e. The van der Waals surface area contributed by atoms with Crippen LogP contribution in [-0.4, -0.2) is 5.11 Å². The van der Waals surface area contributed by atoms with Gasteiger partial charge in [-0.2, -0.15) is 0 Å². The number of aromatic amines is 1. The number of pyridine rings is 1. The van der Waals surface area contributed by atoms with Crippen LogP contribution in [-0.2, 0) is 0 Å². The molecule has 0 saturated heterocycles. The van der Waals surface area contributed by atoms with Gasteiger partial charge in [0.2, 0.25) is 0 Å². The van der Waals surface area contributed by atoms with Gasteiger partial charge in [0.15, 0.2) is 0 Å². The highest BCUT2D eigenvalue weighted by Crippen LogP contribution is 2.08. The van der Waals surface area contributed by atoms with E-state index in [0.29, 0.717) is 5.11 Å². The average molecular weight is 244 g/mol. The van der Waals surface area contributed by atoms with Crippen molar-refractivity contribution in [1.82, 2.24) is 0 Å². The van der Waals surface area contributed by atoms with Crippen molar-refractivity contribution in [2.75, 3.05) is 10.6 Å². The van der Waals surface area contributed by atoms with Crippen LogP contribution in [0.15, 0.2) is 48.7 Å². The summed E-state index contributed by atoms with van der Waals surface area (Å²) in [6, 6.07) is 13.8. The summed E-state index contributed by atoms with van der Waals surface area (Å²) in [6.07, 6.45) is 1.86. The molecular formula is C13H14N3S+. The van der Waals surface area contributed by atoms with Crippen LogP contribution in [0.5, 0.6) is 0 Å². The van der Waals surface area contributed by atoms with E-state index in [2.05, 4.69) is 15.6 Å². The first-order valence-electron chi connectivity index (χ1n) is 5.36. The lowest BCUT2D eigenvalue weighted by molar-refractivity contribution is -0.360. The number of para-hydroxylation sites is 1. The standard InChI is InChI=1S/C13H13N3S/c1-10-6-5-9-14-12(10)16-13(17)15-11-7-3-2-4-8-11/h2-9H,1H3,(H2,14,15,16,17)/p+1. The van der Waals surface area contributed by atoms with Crippen LogP contribution in [0.25, 0.3) is 0 Å². The van der Waals surface area contributed by atoms with Crippen molar-refractivity contribution in [2.24, 2.45) is 0 Å². The molecule has 86 valence electrons. The van der Waals surface area contributed by atoms with E-state index in [-0.39, 0.29) is 0 Å². The zero-order valence-corrected chi connectivity index (χ0v) is 10.3. The molecular weight excluding hydrogens is 230 g/mol. The van der Waals surface area contributed by atoms with Gasteiger partial charge in [0.25, 0.3) is 10.9 Å². The number of thiocarbonyl (C=S) groups is 1. The summed E-state index contributed by atoms with van der Waals surface area (Å²) in [7, 11) is 0. The number of H-pyrrole nitrogens is 1. The minimum atomic E-state index is 0.571. The molecule has 0 unspecified atom stereocenters. The van der Waals surface area contributed by atoms with Crippen LogP contribution < -0.4 is 15.6 Å². The minimum absolute atomic E-state index is 0.571. The van der Waals surface area contributed by atoms with Crippen LogP contribution in [0.4, 0.5) is 11.5 Å². The van der Waals surface area contributed by atoms with Crippen molar-refractivity contribution in [2.45, 2.75) is 6.92 Å². The van der Waals surface area contributed by atoms with E-state index in [4.69, 9.17) is 12.2 Å². The van der Waals surface area contributed by atoms with Gasteiger partial charge in [0, 0.05) is 11.3 Å². The van der Waals surface area contributed by atoms with Crippen molar-refractivity contribution in [3.63, 3.8) is 0 Å². The summed E-state index contributed by atoms with van der Waals surface area (Å²) in [5, 5.41) is 6.81. The summed E-state index contributed by atoms with van der Waals surface area (Å²) >= 11 is 5.24. The zero-order valence-electron chi connectivity index (χ0n) is 9.53. The second kappa shape index (κ2) is 5.41. The lowest BCUT2D eigenvalue weighted by Crippen LogP contribution is -2.24. The molecule has 0 radical (unpaired) electrons. The van der Waals surface area contributed by atoms with E-state index in [1.807, 2.05) is 55.6 Å². The number of nitrogens with one attached hydrogen (secondary N) is 3. The fourth-order valence-corrected chi connectivity index (χ4v) is 1.67. The Kier molecular flexibility index (Phi) is 3.67. The maximum atomic E-state index is 5.24. The fraction of sp³-hybridized carbons (Fsp3) is 0.0769. The van der Waals surface area contributed by atoms with E-state index < -0.39 is 0 Å². The highest BCUT2D eigenvalue weighted by atomic mass is 32.1. The molecule has 4 heteroatoms. The quantitative estimate of drug-likeness (QED) is 0.798. The maximum absolute atomic E-state index is 5.24. The summed E-state index contributed by atoms with van der Waals surface area (Å²) < 4.78 is 0. The molecule has 3 nitrogen and oxygen atoms in total. The first-order chi connectivity index (χ1) is 8.25. The monoisotopic (exact) mass is 244 g/mol. The second-order valence-corrected chi connectivity index (χ2v) is 4.08.